The number of hydrogen-bond acceptors (Lipinski definition) is 6. The topological polar surface area (TPSA) is 103 Å². The molecule has 0 aliphatic rings. The molecule has 0 radical (unpaired) electrons. The first-order valence-corrected chi connectivity index (χ1v) is 11.5. The number of nitrogens with one attached hydrogen (secondary N) is 1. The summed E-state index contributed by atoms with van der Waals surface area (Å²) in [4.78, 5) is 23.5. The monoisotopic (exact) mass is 463 g/mol. The molecule has 3 aromatic rings. The van der Waals surface area contributed by atoms with Gasteiger partial charge in [0.25, 0.3) is 0 Å². The Balaban J connectivity index is 2.14. The van der Waals surface area contributed by atoms with Crippen LogP contribution in [-0.2, 0) is 14.8 Å². The Bertz CT molecular complexity index is 1280. The highest BCUT2D eigenvalue weighted by atomic mass is 35.5. The molecule has 0 aliphatic carbocycles. The number of ether oxygens (including phenoxy) is 1. The number of esters is 1. The van der Waals surface area contributed by atoms with Crippen molar-refractivity contribution in [3.63, 3.8) is 0 Å². The van der Waals surface area contributed by atoms with Crippen LogP contribution in [0.15, 0.2) is 56.6 Å². The molecule has 1 N–H and O–H groups in total. The number of benzene rings is 2. The largest absolute Gasteiger partial charge is 0.426 e. The lowest BCUT2D eigenvalue weighted by Gasteiger charge is -2.22. The summed E-state index contributed by atoms with van der Waals surface area (Å²) < 4.78 is 39.3. The van der Waals surface area contributed by atoms with Crippen LogP contribution in [0, 0.1) is 6.92 Å². The van der Waals surface area contributed by atoms with Crippen LogP contribution < -0.4 is 15.1 Å². The van der Waals surface area contributed by atoms with Gasteiger partial charge in [0.1, 0.15) is 11.3 Å². The third kappa shape index (κ3) is 5.33. The lowest BCUT2D eigenvalue weighted by Crippen LogP contribution is -2.29. The molecule has 1 heterocycles. The summed E-state index contributed by atoms with van der Waals surface area (Å²) in [5.74, 6) is -0.447. The lowest BCUT2D eigenvalue weighted by atomic mass is 9.99. The molecular formula is C22H22ClNO6S. The van der Waals surface area contributed by atoms with Gasteiger partial charge in [-0.05, 0) is 49.2 Å². The maximum Gasteiger partial charge on any atom is 0.336 e. The Morgan fingerprint density at radius 1 is 1.19 bits per heavy atom. The molecule has 9 heteroatoms. The normalized spacial score (nSPS) is 12.6. The highest BCUT2D eigenvalue weighted by Crippen LogP contribution is 2.34. The van der Waals surface area contributed by atoms with Gasteiger partial charge in [0.2, 0.25) is 10.0 Å². The Kier molecular flexibility index (Phi) is 6.83. The first kappa shape index (κ1) is 23.0. The Hall–Kier alpha value is -2.68. The second kappa shape index (κ2) is 9.21. The van der Waals surface area contributed by atoms with Crippen LogP contribution in [0.2, 0.25) is 5.02 Å². The maximum absolute atomic E-state index is 13.0. The predicted molar refractivity (Wildman–Crippen MR) is 118 cm³/mol. The third-order valence-electron chi connectivity index (χ3n) is 4.71. The first-order valence-electron chi connectivity index (χ1n) is 9.65. The van der Waals surface area contributed by atoms with Crippen LogP contribution in [0.3, 0.4) is 0 Å². The van der Waals surface area contributed by atoms with Gasteiger partial charge < -0.3 is 9.15 Å². The summed E-state index contributed by atoms with van der Waals surface area (Å²) in [6, 6.07) is 9.63. The predicted octanol–water partition coefficient (Wildman–Crippen LogP) is 4.50. The summed E-state index contributed by atoms with van der Waals surface area (Å²) >= 11 is 5.87. The Morgan fingerprint density at radius 3 is 2.48 bits per heavy atom. The number of carbonyl (C=O) groups is 1. The molecule has 2 aromatic carbocycles. The van der Waals surface area contributed by atoms with Gasteiger partial charge in [-0.3, -0.25) is 4.79 Å². The van der Waals surface area contributed by atoms with Crippen molar-refractivity contribution >= 4 is 38.6 Å². The van der Waals surface area contributed by atoms with E-state index in [1.54, 1.807) is 13.0 Å². The number of sulfonamides is 1. The molecule has 0 saturated carbocycles. The van der Waals surface area contributed by atoms with Crippen molar-refractivity contribution < 1.29 is 22.4 Å². The third-order valence-corrected chi connectivity index (χ3v) is 6.45. The van der Waals surface area contributed by atoms with Gasteiger partial charge in [-0.25, -0.2) is 17.9 Å². The molecule has 0 spiro atoms. The van der Waals surface area contributed by atoms with Crippen molar-refractivity contribution in [2.45, 2.75) is 44.6 Å². The fraction of sp³-hybridized carbons (Fsp3) is 0.273. The van der Waals surface area contributed by atoms with Crippen molar-refractivity contribution in [3.05, 3.63) is 69.0 Å². The number of fused-ring (bicyclic) bond motifs is 1. The van der Waals surface area contributed by atoms with E-state index in [0.29, 0.717) is 34.4 Å². The molecule has 7 nitrogen and oxygen atoms in total. The summed E-state index contributed by atoms with van der Waals surface area (Å²) in [6.45, 7) is 4.91. The van der Waals surface area contributed by atoms with E-state index < -0.39 is 27.7 Å². The Labute approximate surface area is 185 Å². The van der Waals surface area contributed by atoms with Crippen molar-refractivity contribution in [1.82, 2.24) is 4.72 Å². The highest BCUT2D eigenvalue weighted by Gasteiger charge is 2.25. The van der Waals surface area contributed by atoms with Gasteiger partial charge in [0, 0.05) is 35.0 Å². The first-order chi connectivity index (χ1) is 14.6. The number of carbonyl (C=O) groups excluding carboxylic acids is 1. The van der Waals surface area contributed by atoms with E-state index in [0.717, 1.165) is 0 Å². The van der Waals surface area contributed by atoms with E-state index in [9.17, 15) is 18.0 Å². The van der Waals surface area contributed by atoms with E-state index in [4.69, 9.17) is 20.8 Å². The van der Waals surface area contributed by atoms with E-state index in [2.05, 4.69) is 4.72 Å². The van der Waals surface area contributed by atoms with Crippen molar-refractivity contribution in [2.75, 3.05) is 0 Å². The zero-order valence-electron chi connectivity index (χ0n) is 17.3. The second-order valence-corrected chi connectivity index (χ2v) is 9.30. The quantitative estimate of drug-likeness (QED) is 0.314. The number of halogens is 1. The zero-order chi connectivity index (χ0) is 22.8. The van der Waals surface area contributed by atoms with Gasteiger partial charge in [0.15, 0.2) is 0 Å². The van der Waals surface area contributed by atoms with Crippen LogP contribution in [0.5, 0.6) is 5.75 Å². The minimum atomic E-state index is -3.88. The molecule has 1 atom stereocenters. The molecule has 164 valence electrons. The number of aryl methyl sites for hydroxylation is 1. The maximum atomic E-state index is 13.0. The molecule has 1 unspecified atom stereocenters. The van der Waals surface area contributed by atoms with Crippen LogP contribution in [0.25, 0.3) is 11.0 Å². The SMILES string of the molecule is CCCC(NS(=O)(=O)c1ccc(Cl)cc1)c1cc2c(C)cc(=O)oc2cc1OC(C)=O. The zero-order valence-corrected chi connectivity index (χ0v) is 18.8. The van der Waals surface area contributed by atoms with E-state index in [-0.39, 0.29) is 16.2 Å². The lowest BCUT2D eigenvalue weighted by molar-refractivity contribution is -0.131. The van der Waals surface area contributed by atoms with E-state index in [1.807, 2.05) is 6.92 Å². The fourth-order valence-electron chi connectivity index (χ4n) is 3.31. The average molecular weight is 464 g/mol. The fourth-order valence-corrected chi connectivity index (χ4v) is 4.69. The molecule has 0 fully saturated rings. The number of rotatable bonds is 7. The molecular weight excluding hydrogens is 442 g/mol. The summed E-state index contributed by atoms with van der Waals surface area (Å²) in [7, 11) is -3.88. The van der Waals surface area contributed by atoms with Gasteiger partial charge >= 0.3 is 11.6 Å². The molecule has 0 saturated heterocycles. The summed E-state index contributed by atoms with van der Waals surface area (Å²) in [5.41, 5.74) is 0.859. The van der Waals surface area contributed by atoms with Crippen molar-refractivity contribution in [3.8, 4) is 5.75 Å². The van der Waals surface area contributed by atoms with Gasteiger partial charge in [-0.1, -0.05) is 24.9 Å². The van der Waals surface area contributed by atoms with Gasteiger partial charge in [-0.15, -0.1) is 0 Å². The minimum Gasteiger partial charge on any atom is -0.426 e. The molecule has 0 amide bonds. The minimum absolute atomic E-state index is 0.0648. The van der Waals surface area contributed by atoms with Gasteiger partial charge in [0.05, 0.1) is 10.9 Å². The van der Waals surface area contributed by atoms with Crippen LogP contribution >= 0.6 is 11.6 Å². The average Bonchev–Trinajstić information content (AvgIpc) is 2.67. The molecule has 0 aliphatic heterocycles. The second-order valence-electron chi connectivity index (χ2n) is 7.14. The van der Waals surface area contributed by atoms with Crippen LogP contribution in [-0.4, -0.2) is 14.4 Å². The molecule has 3 rings (SSSR count). The summed E-state index contributed by atoms with van der Waals surface area (Å²) in [5, 5.41) is 1.05. The van der Waals surface area contributed by atoms with E-state index >= 15 is 0 Å². The number of hydrogen-bond donors (Lipinski definition) is 1. The molecule has 0 bridgehead atoms. The standard InChI is InChI=1S/C22H22ClNO6S/c1-4-5-19(24-31(27,28)16-8-6-15(23)7-9-16)18-11-17-13(2)10-22(26)30-20(17)12-21(18)29-14(3)25/h6-12,19,24H,4-5H2,1-3H3. The van der Waals surface area contributed by atoms with Crippen molar-refractivity contribution in [2.24, 2.45) is 0 Å². The van der Waals surface area contributed by atoms with Gasteiger partial charge in [-0.2, -0.15) is 0 Å². The summed E-state index contributed by atoms with van der Waals surface area (Å²) in [6.07, 6.45) is 1.11. The van der Waals surface area contributed by atoms with E-state index in [1.165, 1.54) is 43.3 Å². The molecule has 31 heavy (non-hydrogen) atoms. The van der Waals surface area contributed by atoms with Crippen LogP contribution in [0.4, 0.5) is 0 Å². The van der Waals surface area contributed by atoms with Crippen LogP contribution in [0.1, 0.15) is 43.9 Å². The smallest absolute Gasteiger partial charge is 0.336 e. The Morgan fingerprint density at radius 2 is 1.87 bits per heavy atom. The van der Waals surface area contributed by atoms with Crippen molar-refractivity contribution in [1.29, 1.82) is 0 Å². The highest BCUT2D eigenvalue weighted by molar-refractivity contribution is 7.89. The molecule has 1 aromatic heterocycles.